The number of hydrogen-bond donors (Lipinski definition) is 1. The number of fused-ring (bicyclic) bond motifs is 2. The molecule has 1 aliphatic carbocycles. The van der Waals surface area contributed by atoms with Crippen LogP contribution < -0.4 is 5.73 Å². The highest BCUT2D eigenvalue weighted by Crippen LogP contribution is 2.34. The summed E-state index contributed by atoms with van der Waals surface area (Å²) in [5.74, 6) is 0. The van der Waals surface area contributed by atoms with Crippen LogP contribution in [0.4, 0.5) is 5.69 Å². The molecule has 1 heterocycles. The highest BCUT2D eigenvalue weighted by atomic mass is 127. The van der Waals surface area contributed by atoms with Crippen molar-refractivity contribution in [1.29, 1.82) is 0 Å². The molecule has 1 aromatic heterocycles. The fourth-order valence-corrected chi connectivity index (χ4v) is 4.26. The van der Waals surface area contributed by atoms with E-state index in [0.29, 0.717) is 0 Å². The molecule has 0 atom stereocenters. The van der Waals surface area contributed by atoms with Gasteiger partial charge in [-0.15, -0.1) is 0 Å². The summed E-state index contributed by atoms with van der Waals surface area (Å²) in [6.45, 7) is 0. The lowest BCUT2D eigenvalue weighted by atomic mass is 10.0. The van der Waals surface area contributed by atoms with Crippen LogP contribution in [-0.2, 0) is 12.8 Å². The molecule has 0 aliphatic heterocycles. The minimum Gasteiger partial charge on any atom is -0.398 e. The number of anilines is 1. The van der Waals surface area contributed by atoms with Gasteiger partial charge in [0, 0.05) is 24.8 Å². The van der Waals surface area contributed by atoms with E-state index in [1.54, 1.807) is 0 Å². The van der Waals surface area contributed by atoms with Crippen molar-refractivity contribution in [2.24, 2.45) is 0 Å². The van der Waals surface area contributed by atoms with Gasteiger partial charge in [-0.05, 0) is 81.9 Å². The molecular weight excluding hydrogens is 403 g/mol. The van der Waals surface area contributed by atoms with Gasteiger partial charge in [0.25, 0.3) is 0 Å². The number of benzene rings is 1. The molecule has 0 saturated carbocycles. The number of halogens is 2. The first-order valence-electron chi connectivity index (χ1n) is 6.23. The lowest BCUT2D eigenvalue weighted by Gasteiger charge is -2.13. The van der Waals surface area contributed by atoms with Crippen LogP contribution in [-0.4, -0.2) is 4.98 Å². The monoisotopic (exact) mass is 416 g/mol. The Balaban J connectivity index is 2.34. The van der Waals surface area contributed by atoms with Gasteiger partial charge in [-0.3, -0.25) is 4.98 Å². The minimum atomic E-state index is 0.941. The first-order chi connectivity index (χ1) is 8.66. The molecule has 94 valence electrons. The highest BCUT2D eigenvalue weighted by Gasteiger charge is 2.16. The largest absolute Gasteiger partial charge is 0.398 e. The maximum atomic E-state index is 6.38. The summed E-state index contributed by atoms with van der Waals surface area (Å²) in [4.78, 5) is 4.85. The van der Waals surface area contributed by atoms with Gasteiger partial charge in [0.05, 0.1) is 5.52 Å². The van der Waals surface area contributed by atoms with Crippen molar-refractivity contribution in [2.45, 2.75) is 32.1 Å². The normalized spacial score (nSPS) is 15.4. The van der Waals surface area contributed by atoms with Crippen LogP contribution in [0.3, 0.4) is 0 Å². The molecule has 2 N–H and O–H groups in total. The molecular formula is C14H14BrIN2. The van der Waals surface area contributed by atoms with E-state index in [1.807, 2.05) is 0 Å². The molecule has 2 nitrogen and oxygen atoms in total. The first kappa shape index (κ1) is 12.7. The molecule has 4 heteroatoms. The molecule has 0 amide bonds. The Kier molecular flexibility index (Phi) is 3.49. The fourth-order valence-electron chi connectivity index (χ4n) is 2.66. The summed E-state index contributed by atoms with van der Waals surface area (Å²) < 4.78 is 2.23. The molecule has 3 rings (SSSR count). The average molecular weight is 417 g/mol. The zero-order valence-electron chi connectivity index (χ0n) is 9.97. The highest BCUT2D eigenvalue weighted by molar-refractivity contribution is 14.1. The molecule has 0 bridgehead atoms. The van der Waals surface area contributed by atoms with Crippen molar-refractivity contribution in [3.05, 3.63) is 31.4 Å². The van der Waals surface area contributed by atoms with Gasteiger partial charge in [0.2, 0.25) is 0 Å². The summed E-state index contributed by atoms with van der Waals surface area (Å²) in [7, 11) is 0. The number of rotatable bonds is 0. The minimum absolute atomic E-state index is 0.941. The number of nitrogens with zero attached hydrogens (tertiary/aromatic N) is 1. The summed E-state index contributed by atoms with van der Waals surface area (Å²) in [6.07, 6.45) is 5.88. The molecule has 1 aromatic carbocycles. The zero-order chi connectivity index (χ0) is 12.7. The van der Waals surface area contributed by atoms with Crippen LogP contribution in [0, 0.1) is 3.57 Å². The molecule has 0 spiro atoms. The van der Waals surface area contributed by atoms with Crippen LogP contribution in [0.25, 0.3) is 10.9 Å². The molecule has 0 saturated heterocycles. The number of nitrogen functional groups attached to an aromatic ring is 1. The number of pyridine rings is 1. The van der Waals surface area contributed by atoms with Crippen LogP contribution in [0.15, 0.2) is 16.6 Å². The quantitative estimate of drug-likeness (QED) is 0.508. The predicted molar refractivity (Wildman–Crippen MR) is 87.8 cm³/mol. The van der Waals surface area contributed by atoms with E-state index in [-0.39, 0.29) is 0 Å². The third kappa shape index (κ3) is 2.13. The molecule has 0 radical (unpaired) electrons. The van der Waals surface area contributed by atoms with Crippen molar-refractivity contribution < 1.29 is 0 Å². The Morgan fingerprint density at radius 3 is 2.78 bits per heavy atom. The van der Waals surface area contributed by atoms with Gasteiger partial charge >= 0.3 is 0 Å². The van der Waals surface area contributed by atoms with Crippen molar-refractivity contribution in [2.75, 3.05) is 5.73 Å². The maximum absolute atomic E-state index is 6.38. The lowest BCUT2D eigenvalue weighted by molar-refractivity contribution is 0.709. The number of aromatic nitrogens is 1. The van der Waals surface area contributed by atoms with Crippen LogP contribution in [0.5, 0.6) is 0 Å². The third-order valence-corrected chi connectivity index (χ3v) is 4.81. The predicted octanol–water partition coefficient (Wildman–Crippen LogP) is 4.45. The van der Waals surface area contributed by atoms with Gasteiger partial charge < -0.3 is 5.73 Å². The SMILES string of the molecule is Nc1c2c(nc3c(Br)cc(I)cc13)CCCCC2. The van der Waals surface area contributed by atoms with Gasteiger partial charge in [-0.25, -0.2) is 0 Å². The Morgan fingerprint density at radius 1 is 1.17 bits per heavy atom. The number of aryl methyl sites for hydroxylation is 1. The van der Waals surface area contributed by atoms with Gasteiger partial charge in [-0.2, -0.15) is 0 Å². The molecule has 1 aliphatic rings. The zero-order valence-corrected chi connectivity index (χ0v) is 13.7. The van der Waals surface area contributed by atoms with E-state index < -0.39 is 0 Å². The standard InChI is InChI=1S/C14H14BrIN2/c15-11-7-8(16)6-10-13(17)9-4-2-1-3-5-12(9)18-14(10)11/h6-7H,1-5H2,(H2,17,18). The van der Waals surface area contributed by atoms with Crippen molar-refractivity contribution in [3.8, 4) is 0 Å². The van der Waals surface area contributed by atoms with Gasteiger partial charge in [0.15, 0.2) is 0 Å². The van der Waals surface area contributed by atoms with Crippen molar-refractivity contribution >= 4 is 55.1 Å². The van der Waals surface area contributed by atoms with Gasteiger partial charge in [0.1, 0.15) is 0 Å². The molecule has 0 unspecified atom stereocenters. The Morgan fingerprint density at radius 2 is 1.94 bits per heavy atom. The van der Waals surface area contributed by atoms with E-state index in [1.165, 1.54) is 34.1 Å². The number of nitrogens with two attached hydrogens (primary N) is 1. The fraction of sp³-hybridized carbons (Fsp3) is 0.357. The third-order valence-electron chi connectivity index (χ3n) is 3.58. The van der Waals surface area contributed by atoms with Crippen molar-refractivity contribution in [1.82, 2.24) is 4.98 Å². The van der Waals surface area contributed by atoms with E-state index in [9.17, 15) is 0 Å². The Labute approximate surface area is 129 Å². The van der Waals surface area contributed by atoms with Gasteiger partial charge in [-0.1, -0.05) is 6.42 Å². The maximum Gasteiger partial charge on any atom is 0.0868 e. The van der Waals surface area contributed by atoms with E-state index >= 15 is 0 Å². The molecule has 18 heavy (non-hydrogen) atoms. The Bertz CT molecular complexity index is 625. The van der Waals surface area contributed by atoms with E-state index in [4.69, 9.17) is 10.7 Å². The molecule has 0 fully saturated rings. The second-order valence-electron chi connectivity index (χ2n) is 4.80. The van der Waals surface area contributed by atoms with E-state index in [2.05, 4.69) is 50.7 Å². The molecule has 2 aromatic rings. The lowest BCUT2D eigenvalue weighted by Crippen LogP contribution is -2.03. The van der Waals surface area contributed by atoms with Crippen LogP contribution >= 0.6 is 38.5 Å². The Hall–Kier alpha value is -0.360. The van der Waals surface area contributed by atoms with Crippen molar-refractivity contribution in [3.63, 3.8) is 0 Å². The second kappa shape index (κ2) is 4.96. The smallest absolute Gasteiger partial charge is 0.0868 e. The number of hydrogen-bond acceptors (Lipinski definition) is 2. The topological polar surface area (TPSA) is 38.9 Å². The second-order valence-corrected chi connectivity index (χ2v) is 6.90. The van der Waals surface area contributed by atoms with Crippen LogP contribution in [0.2, 0.25) is 0 Å². The van der Waals surface area contributed by atoms with Crippen LogP contribution in [0.1, 0.15) is 30.5 Å². The summed E-state index contributed by atoms with van der Waals surface area (Å²) in [6, 6.07) is 4.23. The summed E-state index contributed by atoms with van der Waals surface area (Å²) in [5.41, 5.74) is 10.8. The average Bonchev–Trinajstić information content (AvgIpc) is 2.56. The summed E-state index contributed by atoms with van der Waals surface area (Å²) >= 11 is 5.93. The first-order valence-corrected chi connectivity index (χ1v) is 8.10. The van der Waals surface area contributed by atoms with E-state index in [0.717, 1.165) is 33.9 Å². The summed E-state index contributed by atoms with van der Waals surface area (Å²) in [5, 5.41) is 1.09.